The van der Waals surface area contributed by atoms with E-state index in [-0.39, 0.29) is 17.4 Å². The van der Waals surface area contributed by atoms with E-state index in [9.17, 15) is 13.9 Å². The molecule has 178 valence electrons. The summed E-state index contributed by atoms with van der Waals surface area (Å²) in [6.07, 6.45) is 0. The highest BCUT2D eigenvalue weighted by molar-refractivity contribution is 6.04. The number of hydrogen-bond acceptors (Lipinski definition) is 3. The van der Waals surface area contributed by atoms with Crippen molar-refractivity contribution >= 4 is 11.1 Å². The molecule has 5 heteroatoms. The maximum Gasteiger partial charge on any atom is 0.123 e. The van der Waals surface area contributed by atoms with Gasteiger partial charge in [0.15, 0.2) is 0 Å². The van der Waals surface area contributed by atoms with E-state index < -0.39 is 0 Å². The molecule has 0 saturated heterocycles. The van der Waals surface area contributed by atoms with Gasteiger partial charge in [0.1, 0.15) is 29.7 Å². The molecule has 4 aromatic rings. The summed E-state index contributed by atoms with van der Waals surface area (Å²) in [5, 5.41) is 9.88. The van der Waals surface area contributed by atoms with Crippen LogP contribution in [0.1, 0.15) is 22.3 Å². The lowest BCUT2D eigenvalue weighted by atomic mass is 9.85. The Labute approximate surface area is 204 Å². The minimum atomic E-state index is -0.336. The Morgan fingerprint density at radius 1 is 0.629 bits per heavy atom. The van der Waals surface area contributed by atoms with Gasteiger partial charge in [0.05, 0.1) is 0 Å². The third-order valence-corrected chi connectivity index (χ3v) is 5.62. The normalized spacial score (nSPS) is 10.9. The highest BCUT2D eigenvalue weighted by atomic mass is 19.1. The second-order valence-electron chi connectivity index (χ2n) is 8.49. The summed E-state index contributed by atoms with van der Waals surface area (Å²) in [5.41, 5.74) is 5.01. The van der Waals surface area contributed by atoms with Crippen LogP contribution in [-0.2, 0) is 0 Å². The van der Waals surface area contributed by atoms with Gasteiger partial charge in [0.2, 0.25) is 0 Å². The van der Waals surface area contributed by atoms with Crippen molar-refractivity contribution in [1.82, 2.24) is 4.90 Å². The molecule has 0 heterocycles. The van der Waals surface area contributed by atoms with Gasteiger partial charge >= 0.3 is 0 Å². The predicted octanol–water partition coefficient (Wildman–Crippen LogP) is 6.62. The summed E-state index contributed by atoms with van der Waals surface area (Å²) >= 11 is 0. The molecule has 0 aliphatic heterocycles. The van der Waals surface area contributed by atoms with E-state index in [0.29, 0.717) is 6.61 Å². The zero-order chi connectivity index (χ0) is 24.8. The Hall–Kier alpha value is -3.96. The second-order valence-corrected chi connectivity index (χ2v) is 8.49. The number of rotatable bonds is 8. The number of phenolic OH excluding ortho intramolecular Hbond substituents is 1. The standard InChI is InChI=1S/C30H27F2NO2/c1-33(2)19-20-35-28-17-9-24(10-18-28)30(23-7-15-27(34)16-8-23)29(21-3-11-25(31)12-4-21)22-5-13-26(32)14-6-22/h3-18,34H,19-20H2,1-2H3. The second kappa shape index (κ2) is 11.0. The number of likely N-dealkylation sites (N-methyl/N-ethyl adjacent to an activating group) is 1. The van der Waals surface area contributed by atoms with Crippen LogP contribution in [0.2, 0.25) is 0 Å². The first kappa shape index (κ1) is 24.2. The number of nitrogens with zero attached hydrogens (tertiary/aromatic N) is 1. The summed E-state index contributed by atoms with van der Waals surface area (Å²) in [6.45, 7) is 1.38. The average molecular weight is 472 g/mol. The lowest BCUT2D eigenvalue weighted by Gasteiger charge is -2.19. The molecule has 0 unspecified atom stereocenters. The first-order valence-corrected chi connectivity index (χ1v) is 11.3. The van der Waals surface area contributed by atoms with Gasteiger partial charge in [-0.05, 0) is 96.0 Å². The molecule has 0 aliphatic carbocycles. The molecule has 0 radical (unpaired) electrons. The fraction of sp³-hybridized carbons (Fsp3) is 0.133. The fourth-order valence-corrected chi connectivity index (χ4v) is 3.84. The van der Waals surface area contributed by atoms with Gasteiger partial charge in [0.25, 0.3) is 0 Å². The van der Waals surface area contributed by atoms with Gasteiger partial charge in [0, 0.05) is 6.54 Å². The molecule has 0 saturated carbocycles. The molecule has 4 rings (SSSR count). The van der Waals surface area contributed by atoms with Gasteiger partial charge in [-0.1, -0.05) is 48.5 Å². The van der Waals surface area contributed by atoms with Crippen molar-refractivity contribution in [2.45, 2.75) is 0 Å². The lowest BCUT2D eigenvalue weighted by Crippen LogP contribution is -2.19. The molecule has 1 N–H and O–H groups in total. The first-order valence-electron chi connectivity index (χ1n) is 11.3. The van der Waals surface area contributed by atoms with Crippen molar-refractivity contribution in [3.63, 3.8) is 0 Å². The van der Waals surface area contributed by atoms with Gasteiger partial charge in [-0.3, -0.25) is 0 Å². The summed E-state index contributed by atoms with van der Waals surface area (Å²) < 4.78 is 33.4. The van der Waals surface area contributed by atoms with E-state index in [0.717, 1.165) is 45.7 Å². The van der Waals surface area contributed by atoms with Crippen LogP contribution in [0.3, 0.4) is 0 Å². The average Bonchev–Trinajstić information content (AvgIpc) is 2.85. The maximum absolute atomic E-state index is 13.8. The van der Waals surface area contributed by atoms with Crippen molar-refractivity contribution < 1.29 is 18.6 Å². The summed E-state index contributed by atoms with van der Waals surface area (Å²) in [6, 6.07) is 27.2. The molecule has 0 bridgehead atoms. The van der Waals surface area contributed by atoms with Gasteiger partial charge in [-0.2, -0.15) is 0 Å². The molecule has 0 fully saturated rings. The van der Waals surface area contributed by atoms with Crippen LogP contribution in [-0.4, -0.2) is 37.3 Å². The zero-order valence-electron chi connectivity index (χ0n) is 19.7. The molecule has 0 amide bonds. The molecular weight excluding hydrogens is 444 g/mol. The third-order valence-electron chi connectivity index (χ3n) is 5.62. The molecule has 0 aromatic heterocycles. The van der Waals surface area contributed by atoms with E-state index in [4.69, 9.17) is 4.74 Å². The number of hydrogen-bond donors (Lipinski definition) is 1. The van der Waals surface area contributed by atoms with Crippen molar-refractivity contribution in [2.75, 3.05) is 27.2 Å². The molecular formula is C30H27F2NO2. The summed E-state index contributed by atoms with van der Waals surface area (Å²) in [4.78, 5) is 2.05. The molecule has 4 aromatic carbocycles. The quantitative estimate of drug-likeness (QED) is 0.293. The minimum Gasteiger partial charge on any atom is -0.508 e. The van der Waals surface area contributed by atoms with Crippen molar-refractivity contribution in [2.24, 2.45) is 0 Å². The SMILES string of the molecule is CN(C)CCOc1ccc(C(=C(c2ccc(F)cc2)c2ccc(F)cc2)c2ccc(O)cc2)cc1. The summed E-state index contributed by atoms with van der Waals surface area (Å²) in [7, 11) is 3.99. The van der Waals surface area contributed by atoms with Crippen LogP contribution < -0.4 is 4.74 Å². The Balaban J connectivity index is 1.90. The Kier molecular flexibility index (Phi) is 7.58. The van der Waals surface area contributed by atoms with Crippen LogP contribution in [0.15, 0.2) is 97.1 Å². The van der Waals surface area contributed by atoms with E-state index in [1.54, 1.807) is 36.4 Å². The van der Waals surface area contributed by atoms with Crippen LogP contribution >= 0.6 is 0 Å². The van der Waals surface area contributed by atoms with E-state index in [2.05, 4.69) is 4.90 Å². The van der Waals surface area contributed by atoms with Gasteiger partial charge < -0.3 is 14.7 Å². The van der Waals surface area contributed by atoms with Gasteiger partial charge in [-0.25, -0.2) is 8.78 Å². The third kappa shape index (κ3) is 6.14. The topological polar surface area (TPSA) is 32.7 Å². The number of ether oxygens (including phenoxy) is 1. The number of aromatic hydroxyl groups is 1. The minimum absolute atomic E-state index is 0.155. The highest BCUT2D eigenvalue weighted by Crippen LogP contribution is 2.38. The van der Waals surface area contributed by atoms with Crippen LogP contribution in [0.4, 0.5) is 8.78 Å². The first-order chi connectivity index (χ1) is 16.9. The molecule has 3 nitrogen and oxygen atoms in total. The largest absolute Gasteiger partial charge is 0.508 e. The number of benzene rings is 4. The smallest absolute Gasteiger partial charge is 0.123 e. The van der Waals surface area contributed by atoms with Crippen molar-refractivity contribution in [3.8, 4) is 11.5 Å². The van der Waals surface area contributed by atoms with Crippen LogP contribution in [0, 0.1) is 11.6 Å². The highest BCUT2D eigenvalue weighted by Gasteiger charge is 2.17. The molecule has 0 spiro atoms. The molecule has 0 aliphatic rings. The fourth-order valence-electron chi connectivity index (χ4n) is 3.84. The Morgan fingerprint density at radius 2 is 1.00 bits per heavy atom. The predicted molar refractivity (Wildman–Crippen MR) is 136 cm³/mol. The summed E-state index contributed by atoms with van der Waals surface area (Å²) in [5.74, 6) is 0.240. The Bertz CT molecular complexity index is 1230. The molecule has 0 atom stereocenters. The van der Waals surface area contributed by atoms with E-state index >= 15 is 0 Å². The zero-order valence-corrected chi connectivity index (χ0v) is 19.7. The monoisotopic (exact) mass is 471 g/mol. The lowest BCUT2D eigenvalue weighted by molar-refractivity contribution is 0.261. The van der Waals surface area contributed by atoms with Crippen LogP contribution in [0.25, 0.3) is 11.1 Å². The van der Waals surface area contributed by atoms with Gasteiger partial charge in [-0.15, -0.1) is 0 Å². The Morgan fingerprint density at radius 3 is 1.40 bits per heavy atom. The van der Waals surface area contributed by atoms with Crippen molar-refractivity contribution in [3.05, 3.63) is 131 Å². The molecule has 35 heavy (non-hydrogen) atoms. The number of halogens is 2. The van der Waals surface area contributed by atoms with Crippen LogP contribution in [0.5, 0.6) is 11.5 Å². The van der Waals surface area contributed by atoms with E-state index in [1.165, 1.54) is 24.3 Å². The maximum atomic E-state index is 13.8. The number of phenols is 1. The van der Waals surface area contributed by atoms with Crippen molar-refractivity contribution in [1.29, 1.82) is 0 Å². The van der Waals surface area contributed by atoms with E-state index in [1.807, 2.05) is 50.5 Å².